The van der Waals surface area contributed by atoms with E-state index in [1.807, 2.05) is 0 Å². The Hall–Kier alpha value is 0.230. The van der Waals surface area contributed by atoms with Gasteiger partial charge in [0.15, 0.2) is 0 Å². The maximum atomic E-state index is 12.1. The lowest BCUT2D eigenvalue weighted by molar-refractivity contribution is 0.461. The van der Waals surface area contributed by atoms with Crippen LogP contribution in [0.3, 0.4) is 0 Å². The molecule has 0 aromatic carbocycles. The standard InChI is InChI=1S/C12H26N2OS/c1-11-7-10-13-9-6-4-5-8-12(2,3)16(15)14-11/h11,13-14H,4-10H2,1-3H3/t11-,16-/m1/s1. The van der Waals surface area contributed by atoms with Crippen molar-refractivity contribution in [1.82, 2.24) is 10.0 Å². The lowest BCUT2D eigenvalue weighted by Gasteiger charge is -2.30. The molecule has 4 heteroatoms. The second-order valence-electron chi connectivity index (χ2n) is 5.40. The van der Waals surface area contributed by atoms with Crippen LogP contribution in [0.2, 0.25) is 0 Å². The van der Waals surface area contributed by atoms with Crippen LogP contribution in [0.15, 0.2) is 0 Å². The minimum absolute atomic E-state index is 0.0963. The molecule has 1 aliphatic rings. The largest absolute Gasteiger partial charge is 0.598 e. The Morgan fingerprint density at radius 3 is 2.69 bits per heavy atom. The van der Waals surface area contributed by atoms with Crippen LogP contribution in [0.1, 0.15) is 52.9 Å². The van der Waals surface area contributed by atoms with E-state index in [1.165, 1.54) is 19.3 Å². The van der Waals surface area contributed by atoms with Gasteiger partial charge in [-0.3, -0.25) is 0 Å². The number of hydrogen-bond acceptors (Lipinski definition) is 3. The summed E-state index contributed by atoms with van der Waals surface area (Å²) in [5, 5.41) is 3.43. The van der Waals surface area contributed by atoms with Gasteiger partial charge in [0.05, 0.1) is 6.04 Å². The molecule has 0 aliphatic carbocycles. The van der Waals surface area contributed by atoms with Gasteiger partial charge in [0.1, 0.15) is 4.75 Å². The van der Waals surface area contributed by atoms with E-state index in [0.29, 0.717) is 6.04 Å². The molecule has 0 amide bonds. The van der Waals surface area contributed by atoms with E-state index in [2.05, 4.69) is 30.8 Å². The highest BCUT2D eigenvalue weighted by molar-refractivity contribution is 7.90. The van der Waals surface area contributed by atoms with Gasteiger partial charge in [-0.1, -0.05) is 6.42 Å². The second-order valence-corrected chi connectivity index (χ2v) is 7.27. The summed E-state index contributed by atoms with van der Waals surface area (Å²) >= 11 is -0.919. The van der Waals surface area contributed by atoms with Gasteiger partial charge < -0.3 is 9.87 Å². The van der Waals surface area contributed by atoms with E-state index in [0.717, 1.165) is 25.9 Å². The molecule has 16 heavy (non-hydrogen) atoms. The van der Waals surface area contributed by atoms with E-state index in [1.54, 1.807) is 0 Å². The summed E-state index contributed by atoms with van der Waals surface area (Å²) in [6, 6.07) is 0.326. The first-order chi connectivity index (χ1) is 7.52. The SMILES string of the molecule is C[C@@H]1CCNCCCCCC(C)(C)[S@@+]([O-])N1. The monoisotopic (exact) mass is 246 g/mol. The quantitative estimate of drug-likeness (QED) is 0.642. The Kier molecular flexibility index (Phi) is 6.11. The lowest BCUT2D eigenvalue weighted by atomic mass is 10.0. The molecular formula is C12H26N2OS. The summed E-state index contributed by atoms with van der Waals surface area (Å²) in [7, 11) is 0. The zero-order valence-electron chi connectivity index (χ0n) is 10.8. The molecule has 1 heterocycles. The normalized spacial score (nSPS) is 33.8. The Labute approximate surface area is 103 Å². The van der Waals surface area contributed by atoms with Gasteiger partial charge in [0.25, 0.3) is 0 Å². The average Bonchev–Trinajstić information content (AvgIpc) is 2.20. The Morgan fingerprint density at radius 1 is 1.19 bits per heavy atom. The smallest absolute Gasteiger partial charge is 0.139 e. The Bertz CT molecular complexity index is 199. The maximum absolute atomic E-state index is 12.1. The predicted octanol–water partition coefficient (Wildman–Crippen LogP) is 1.96. The van der Waals surface area contributed by atoms with Crippen LogP contribution >= 0.6 is 0 Å². The summed E-state index contributed by atoms with van der Waals surface area (Å²) in [6.07, 6.45) is 5.74. The van der Waals surface area contributed by atoms with Gasteiger partial charge >= 0.3 is 0 Å². The van der Waals surface area contributed by atoms with Crippen LogP contribution in [0.5, 0.6) is 0 Å². The van der Waals surface area contributed by atoms with Crippen LogP contribution in [0, 0.1) is 0 Å². The van der Waals surface area contributed by atoms with Crippen molar-refractivity contribution < 1.29 is 4.55 Å². The van der Waals surface area contributed by atoms with Gasteiger partial charge in [-0.25, -0.2) is 0 Å². The Balaban J connectivity index is 2.49. The molecule has 0 radical (unpaired) electrons. The molecule has 1 saturated heterocycles. The molecule has 1 aliphatic heterocycles. The van der Waals surface area contributed by atoms with E-state index < -0.39 is 11.4 Å². The zero-order chi connectivity index (χ0) is 12.0. The molecule has 1 fully saturated rings. The highest BCUT2D eigenvalue weighted by Crippen LogP contribution is 2.23. The highest BCUT2D eigenvalue weighted by Gasteiger charge is 2.32. The molecule has 96 valence electrons. The zero-order valence-corrected chi connectivity index (χ0v) is 11.7. The van der Waals surface area contributed by atoms with Gasteiger partial charge in [0.2, 0.25) is 0 Å². The van der Waals surface area contributed by atoms with E-state index in [4.69, 9.17) is 0 Å². The van der Waals surface area contributed by atoms with Crippen molar-refractivity contribution in [1.29, 1.82) is 0 Å². The molecular weight excluding hydrogens is 220 g/mol. The molecule has 2 N–H and O–H groups in total. The van der Waals surface area contributed by atoms with Crippen molar-refractivity contribution in [3.8, 4) is 0 Å². The van der Waals surface area contributed by atoms with Crippen LogP contribution in [-0.4, -0.2) is 28.4 Å². The number of rotatable bonds is 0. The van der Waals surface area contributed by atoms with Crippen molar-refractivity contribution in [2.75, 3.05) is 13.1 Å². The first-order valence-electron chi connectivity index (χ1n) is 6.41. The lowest BCUT2D eigenvalue weighted by Crippen LogP contribution is -2.46. The van der Waals surface area contributed by atoms with E-state index in [9.17, 15) is 4.55 Å². The van der Waals surface area contributed by atoms with Crippen LogP contribution in [0.4, 0.5) is 0 Å². The molecule has 2 atom stereocenters. The molecule has 3 nitrogen and oxygen atoms in total. The van der Waals surface area contributed by atoms with E-state index in [-0.39, 0.29) is 4.75 Å². The first kappa shape index (κ1) is 14.3. The van der Waals surface area contributed by atoms with Gasteiger partial charge in [-0.2, -0.15) is 0 Å². The third-order valence-electron chi connectivity index (χ3n) is 3.20. The minimum atomic E-state index is -0.919. The summed E-state index contributed by atoms with van der Waals surface area (Å²) < 4.78 is 15.3. The maximum Gasteiger partial charge on any atom is 0.139 e. The predicted molar refractivity (Wildman–Crippen MR) is 70.8 cm³/mol. The fraction of sp³-hybridized carbons (Fsp3) is 1.00. The van der Waals surface area contributed by atoms with Crippen molar-refractivity contribution in [2.24, 2.45) is 0 Å². The summed E-state index contributed by atoms with van der Waals surface area (Å²) in [5.74, 6) is 0. The molecule has 0 aromatic heterocycles. The number of hydrogen-bond donors (Lipinski definition) is 2. The minimum Gasteiger partial charge on any atom is -0.598 e. The third kappa shape index (κ3) is 5.04. The second kappa shape index (κ2) is 6.84. The van der Waals surface area contributed by atoms with Gasteiger partial charge in [-0.05, 0) is 59.5 Å². The molecule has 0 aromatic rings. The molecule has 0 unspecified atom stereocenters. The summed E-state index contributed by atoms with van der Waals surface area (Å²) in [4.78, 5) is 0. The van der Waals surface area contributed by atoms with Crippen LogP contribution in [-0.2, 0) is 11.4 Å². The molecule has 0 spiro atoms. The summed E-state index contributed by atoms with van der Waals surface area (Å²) in [5.41, 5.74) is 0. The fourth-order valence-electron chi connectivity index (χ4n) is 1.91. The topological polar surface area (TPSA) is 47.1 Å². The number of nitrogens with one attached hydrogen (secondary N) is 2. The molecule has 1 rings (SSSR count). The molecule has 0 bridgehead atoms. The van der Waals surface area contributed by atoms with Gasteiger partial charge in [0, 0.05) is 11.4 Å². The molecule has 0 saturated carbocycles. The van der Waals surface area contributed by atoms with Crippen molar-refractivity contribution in [3.05, 3.63) is 0 Å². The van der Waals surface area contributed by atoms with Crippen LogP contribution < -0.4 is 10.0 Å². The van der Waals surface area contributed by atoms with Crippen LogP contribution in [0.25, 0.3) is 0 Å². The van der Waals surface area contributed by atoms with Crippen molar-refractivity contribution >= 4 is 11.4 Å². The van der Waals surface area contributed by atoms with E-state index >= 15 is 0 Å². The average molecular weight is 246 g/mol. The highest BCUT2D eigenvalue weighted by atomic mass is 32.2. The van der Waals surface area contributed by atoms with Gasteiger partial charge in [-0.15, -0.1) is 4.72 Å². The first-order valence-corrected chi connectivity index (χ1v) is 7.56. The van der Waals surface area contributed by atoms with Crippen molar-refractivity contribution in [3.63, 3.8) is 0 Å². The summed E-state index contributed by atoms with van der Waals surface area (Å²) in [6.45, 7) is 8.46. The van der Waals surface area contributed by atoms with Crippen molar-refractivity contribution in [2.45, 2.75) is 63.7 Å². The fourth-order valence-corrected chi connectivity index (χ4v) is 3.05. The Morgan fingerprint density at radius 2 is 1.94 bits per heavy atom. The third-order valence-corrected chi connectivity index (χ3v) is 5.02.